The van der Waals surface area contributed by atoms with Crippen LogP contribution in [0.4, 0.5) is 0 Å². The molecule has 3 nitrogen and oxygen atoms in total. The van der Waals surface area contributed by atoms with Gasteiger partial charge in [0.2, 0.25) is 0 Å². The lowest BCUT2D eigenvalue weighted by molar-refractivity contribution is -0.134. The quantitative estimate of drug-likeness (QED) is 0.670. The van der Waals surface area contributed by atoms with Crippen LogP contribution in [0.15, 0.2) is 22.7 Å². The molecule has 0 aromatic heterocycles. The molecule has 0 aliphatic carbocycles. The van der Waals surface area contributed by atoms with Crippen LogP contribution < -0.4 is 4.74 Å². The highest BCUT2D eigenvalue weighted by molar-refractivity contribution is 9.10. The molecule has 1 rings (SSSR count). The molecule has 0 heterocycles. The van der Waals surface area contributed by atoms with Crippen molar-refractivity contribution in [2.24, 2.45) is 0 Å². The highest BCUT2D eigenvalue weighted by atomic mass is 79.9. The zero-order valence-electron chi connectivity index (χ0n) is 7.49. The van der Waals surface area contributed by atoms with Gasteiger partial charge >= 0.3 is 5.97 Å². The van der Waals surface area contributed by atoms with Gasteiger partial charge in [0.25, 0.3) is 0 Å². The van der Waals surface area contributed by atoms with E-state index in [-0.39, 0.29) is 24.1 Å². The lowest BCUT2D eigenvalue weighted by atomic mass is 10.3. The Morgan fingerprint density at radius 3 is 2.71 bits per heavy atom. The molecule has 0 radical (unpaired) electrons. The number of benzene rings is 1. The van der Waals surface area contributed by atoms with E-state index in [9.17, 15) is 4.79 Å². The number of phenols is 1. The maximum Gasteiger partial charge on any atom is 0.310 e. The van der Waals surface area contributed by atoms with E-state index in [2.05, 4.69) is 15.9 Å². The zero-order valence-corrected chi connectivity index (χ0v) is 9.89. The Labute approximate surface area is 96.6 Å². The molecule has 0 atom stereocenters. The van der Waals surface area contributed by atoms with Crippen LogP contribution in [-0.2, 0) is 4.79 Å². The first-order valence-electron chi connectivity index (χ1n) is 3.82. The third-order valence-electron chi connectivity index (χ3n) is 1.44. The Bertz CT molecular complexity index is 328. The summed E-state index contributed by atoms with van der Waals surface area (Å²) in [6.45, 7) is 1.72. The maximum atomic E-state index is 10.9. The van der Waals surface area contributed by atoms with Gasteiger partial charge in [-0.25, -0.2) is 0 Å². The van der Waals surface area contributed by atoms with Crippen LogP contribution in [0.2, 0.25) is 0 Å². The van der Waals surface area contributed by atoms with Gasteiger partial charge in [-0.05, 0) is 34.1 Å². The molecule has 78 valence electrons. The summed E-state index contributed by atoms with van der Waals surface area (Å²) in [5, 5.41) is 9.15. The minimum atomic E-state index is -0.294. The Hall–Kier alpha value is -0.740. The molecule has 0 saturated heterocycles. The third kappa shape index (κ3) is 3.55. The standard InChI is InChI=1S/C9H9BrO3.ClH/c1-2-9(12)13-6-3-4-8(11)7(10)5-6;/h3-5,11H,2H2,1H3;1H. The summed E-state index contributed by atoms with van der Waals surface area (Å²) in [6.07, 6.45) is 0.332. The molecule has 0 fully saturated rings. The number of phenolic OH excluding ortho intramolecular Hbond substituents is 1. The number of rotatable bonds is 2. The van der Waals surface area contributed by atoms with Crippen molar-refractivity contribution < 1.29 is 14.6 Å². The summed E-state index contributed by atoms with van der Waals surface area (Å²) in [5.41, 5.74) is 0. The lowest BCUT2D eigenvalue weighted by Gasteiger charge is -2.03. The second-order valence-corrected chi connectivity index (χ2v) is 3.30. The fourth-order valence-corrected chi connectivity index (χ4v) is 1.11. The summed E-state index contributed by atoms with van der Waals surface area (Å²) in [6, 6.07) is 4.54. The minimum absolute atomic E-state index is 0. The summed E-state index contributed by atoms with van der Waals surface area (Å²) < 4.78 is 5.43. The molecule has 1 aromatic carbocycles. The molecule has 1 aromatic rings. The van der Waals surface area contributed by atoms with E-state index in [0.29, 0.717) is 16.6 Å². The third-order valence-corrected chi connectivity index (χ3v) is 2.07. The van der Waals surface area contributed by atoms with Crippen molar-refractivity contribution in [1.82, 2.24) is 0 Å². The highest BCUT2D eigenvalue weighted by Gasteiger charge is 2.03. The Kier molecular flexibility index (Phi) is 5.57. The number of carbonyl (C=O) groups excluding carboxylic acids is 1. The second-order valence-electron chi connectivity index (χ2n) is 2.44. The van der Waals surface area contributed by atoms with Gasteiger partial charge < -0.3 is 9.84 Å². The van der Waals surface area contributed by atoms with Gasteiger partial charge in [0.1, 0.15) is 11.5 Å². The fraction of sp³-hybridized carbons (Fsp3) is 0.222. The van der Waals surface area contributed by atoms with Gasteiger partial charge in [0.15, 0.2) is 0 Å². The number of hydrogen-bond acceptors (Lipinski definition) is 3. The minimum Gasteiger partial charge on any atom is -0.507 e. The molecule has 0 amide bonds. The Morgan fingerprint density at radius 2 is 2.21 bits per heavy atom. The van der Waals surface area contributed by atoms with Crippen molar-refractivity contribution in [3.05, 3.63) is 22.7 Å². The van der Waals surface area contributed by atoms with E-state index in [4.69, 9.17) is 9.84 Å². The molecular formula is C9H10BrClO3. The van der Waals surface area contributed by atoms with Crippen molar-refractivity contribution in [1.29, 1.82) is 0 Å². The molecule has 0 saturated carbocycles. The van der Waals surface area contributed by atoms with Crippen molar-refractivity contribution in [2.45, 2.75) is 13.3 Å². The Morgan fingerprint density at radius 1 is 1.57 bits per heavy atom. The normalized spacial score (nSPS) is 9.00. The monoisotopic (exact) mass is 280 g/mol. The first-order valence-corrected chi connectivity index (χ1v) is 4.62. The lowest BCUT2D eigenvalue weighted by Crippen LogP contribution is -2.05. The van der Waals surface area contributed by atoms with Gasteiger partial charge in [-0.15, -0.1) is 12.4 Å². The van der Waals surface area contributed by atoms with Gasteiger partial charge in [-0.2, -0.15) is 0 Å². The van der Waals surface area contributed by atoms with Crippen LogP contribution in [0.1, 0.15) is 13.3 Å². The van der Waals surface area contributed by atoms with E-state index in [0.717, 1.165) is 0 Å². The van der Waals surface area contributed by atoms with Crippen molar-refractivity contribution >= 4 is 34.3 Å². The van der Waals surface area contributed by atoms with Crippen LogP contribution in [-0.4, -0.2) is 11.1 Å². The summed E-state index contributed by atoms with van der Waals surface area (Å²) in [7, 11) is 0. The van der Waals surface area contributed by atoms with Crippen LogP contribution in [0, 0.1) is 0 Å². The molecule has 0 aliphatic rings. The van der Waals surface area contributed by atoms with Crippen LogP contribution in [0.3, 0.4) is 0 Å². The molecule has 5 heteroatoms. The molecule has 0 bridgehead atoms. The summed E-state index contributed by atoms with van der Waals surface area (Å²) in [4.78, 5) is 10.9. The molecule has 0 spiro atoms. The highest BCUT2D eigenvalue weighted by Crippen LogP contribution is 2.27. The molecule has 0 unspecified atom stereocenters. The zero-order chi connectivity index (χ0) is 9.84. The van der Waals surface area contributed by atoms with Crippen LogP contribution in [0.25, 0.3) is 0 Å². The van der Waals surface area contributed by atoms with Gasteiger partial charge in [0, 0.05) is 6.42 Å². The number of esters is 1. The number of carbonyl (C=O) groups is 1. The van der Waals surface area contributed by atoms with E-state index >= 15 is 0 Å². The van der Waals surface area contributed by atoms with E-state index in [1.165, 1.54) is 12.1 Å². The topological polar surface area (TPSA) is 46.5 Å². The van der Waals surface area contributed by atoms with Crippen molar-refractivity contribution in [2.75, 3.05) is 0 Å². The first kappa shape index (κ1) is 13.3. The molecule has 14 heavy (non-hydrogen) atoms. The average molecular weight is 282 g/mol. The number of halogens is 2. The largest absolute Gasteiger partial charge is 0.507 e. The van der Waals surface area contributed by atoms with E-state index in [1.807, 2.05) is 0 Å². The van der Waals surface area contributed by atoms with Gasteiger partial charge in [-0.3, -0.25) is 4.79 Å². The fourth-order valence-electron chi connectivity index (χ4n) is 0.755. The van der Waals surface area contributed by atoms with E-state index in [1.54, 1.807) is 13.0 Å². The predicted molar refractivity (Wildman–Crippen MR) is 59.0 cm³/mol. The van der Waals surface area contributed by atoms with Crippen molar-refractivity contribution in [3.63, 3.8) is 0 Å². The number of hydrogen-bond donors (Lipinski definition) is 1. The summed E-state index contributed by atoms with van der Waals surface area (Å²) >= 11 is 3.12. The maximum absolute atomic E-state index is 10.9. The molecule has 1 N–H and O–H groups in total. The van der Waals surface area contributed by atoms with Crippen molar-refractivity contribution in [3.8, 4) is 11.5 Å². The first-order chi connectivity index (χ1) is 6.13. The number of ether oxygens (including phenoxy) is 1. The van der Waals surface area contributed by atoms with Gasteiger partial charge in [0.05, 0.1) is 4.47 Å². The van der Waals surface area contributed by atoms with Crippen LogP contribution >= 0.6 is 28.3 Å². The second kappa shape index (κ2) is 5.88. The number of aromatic hydroxyl groups is 1. The SMILES string of the molecule is CCC(=O)Oc1ccc(O)c(Br)c1.Cl. The van der Waals surface area contributed by atoms with E-state index < -0.39 is 0 Å². The molecule has 0 aliphatic heterocycles. The predicted octanol–water partition coefficient (Wildman–Crippen LogP) is 2.89. The molecular weight excluding hydrogens is 271 g/mol. The average Bonchev–Trinajstić information content (AvgIpc) is 2.11. The summed E-state index contributed by atoms with van der Waals surface area (Å²) in [5.74, 6) is 0.255. The van der Waals surface area contributed by atoms with Gasteiger partial charge in [-0.1, -0.05) is 6.92 Å². The van der Waals surface area contributed by atoms with Crippen LogP contribution in [0.5, 0.6) is 11.5 Å². The smallest absolute Gasteiger partial charge is 0.310 e. The Balaban J connectivity index is 0.00000169.